The molecule has 86 valence electrons. The summed E-state index contributed by atoms with van der Waals surface area (Å²) < 4.78 is 5.22. The molecular formula is C13H17NO2. The van der Waals surface area contributed by atoms with Crippen LogP contribution in [0.5, 0.6) is 0 Å². The number of ether oxygens (including phenoxy) is 1. The van der Waals surface area contributed by atoms with Crippen LogP contribution in [-0.2, 0) is 17.6 Å². The van der Waals surface area contributed by atoms with Crippen molar-refractivity contribution in [2.24, 2.45) is 0 Å². The average Bonchev–Trinajstić information content (AvgIpc) is 2.88. The van der Waals surface area contributed by atoms with Gasteiger partial charge in [-0.15, -0.1) is 0 Å². The molecule has 1 aromatic carbocycles. The summed E-state index contributed by atoms with van der Waals surface area (Å²) in [4.78, 5) is 0. The lowest BCUT2D eigenvalue weighted by Crippen LogP contribution is -2.31. The first-order valence-electron chi connectivity index (χ1n) is 5.97. The molecule has 1 aliphatic carbocycles. The van der Waals surface area contributed by atoms with Crippen molar-refractivity contribution in [3.8, 4) is 0 Å². The van der Waals surface area contributed by atoms with Crippen molar-refractivity contribution in [2.75, 3.05) is 18.5 Å². The number of aliphatic hydroxyl groups is 1. The molecule has 2 atom stereocenters. The summed E-state index contributed by atoms with van der Waals surface area (Å²) in [6, 6.07) is 6.56. The van der Waals surface area contributed by atoms with Gasteiger partial charge >= 0.3 is 0 Å². The molecule has 0 radical (unpaired) electrons. The Balaban J connectivity index is 1.75. The maximum atomic E-state index is 9.66. The van der Waals surface area contributed by atoms with Crippen LogP contribution in [0, 0.1) is 0 Å². The molecule has 0 aromatic heterocycles. The highest BCUT2D eigenvalue weighted by atomic mass is 16.5. The molecule has 1 fully saturated rings. The van der Waals surface area contributed by atoms with Gasteiger partial charge in [-0.3, -0.25) is 0 Å². The Morgan fingerprint density at radius 3 is 2.88 bits per heavy atom. The van der Waals surface area contributed by atoms with Crippen LogP contribution < -0.4 is 5.32 Å². The van der Waals surface area contributed by atoms with E-state index in [-0.39, 0.29) is 12.1 Å². The molecule has 1 saturated heterocycles. The molecule has 1 aromatic rings. The summed E-state index contributed by atoms with van der Waals surface area (Å²) in [5.74, 6) is 0. The fourth-order valence-electron chi connectivity index (χ4n) is 2.56. The summed E-state index contributed by atoms with van der Waals surface area (Å²) in [5.41, 5.74) is 4.04. The zero-order chi connectivity index (χ0) is 11.0. The summed E-state index contributed by atoms with van der Waals surface area (Å²) in [6.45, 7) is 1.04. The van der Waals surface area contributed by atoms with Crippen LogP contribution in [0.15, 0.2) is 18.2 Å². The van der Waals surface area contributed by atoms with Crippen LogP contribution in [0.1, 0.15) is 17.5 Å². The number of aryl methyl sites for hydroxylation is 2. The van der Waals surface area contributed by atoms with E-state index in [0.717, 1.165) is 5.69 Å². The van der Waals surface area contributed by atoms with E-state index in [2.05, 4.69) is 23.5 Å². The highest BCUT2D eigenvalue weighted by Gasteiger charge is 2.26. The Bertz CT molecular complexity index is 392. The van der Waals surface area contributed by atoms with Crippen LogP contribution in [0.3, 0.4) is 0 Å². The number of anilines is 1. The third kappa shape index (κ3) is 1.81. The Morgan fingerprint density at radius 1 is 1.19 bits per heavy atom. The van der Waals surface area contributed by atoms with Gasteiger partial charge in [0.25, 0.3) is 0 Å². The van der Waals surface area contributed by atoms with E-state index in [4.69, 9.17) is 4.74 Å². The second kappa shape index (κ2) is 4.07. The lowest BCUT2D eigenvalue weighted by Gasteiger charge is -2.16. The van der Waals surface area contributed by atoms with Gasteiger partial charge in [-0.25, -0.2) is 0 Å². The van der Waals surface area contributed by atoms with Crippen molar-refractivity contribution in [1.29, 1.82) is 0 Å². The first kappa shape index (κ1) is 10.1. The average molecular weight is 219 g/mol. The van der Waals surface area contributed by atoms with Crippen molar-refractivity contribution >= 4 is 5.69 Å². The first-order valence-corrected chi connectivity index (χ1v) is 5.97. The number of benzene rings is 1. The monoisotopic (exact) mass is 219 g/mol. The highest BCUT2D eigenvalue weighted by Crippen LogP contribution is 2.25. The molecule has 0 spiro atoms. The molecule has 0 saturated carbocycles. The van der Waals surface area contributed by atoms with Gasteiger partial charge in [0.05, 0.1) is 25.4 Å². The predicted molar refractivity (Wildman–Crippen MR) is 62.7 cm³/mol. The van der Waals surface area contributed by atoms with Crippen molar-refractivity contribution in [3.05, 3.63) is 29.3 Å². The van der Waals surface area contributed by atoms with Crippen molar-refractivity contribution in [2.45, 2.75) is 31.4 Å². The molecule has 3 heteroatoms. The molecule has 3 rings (SSSR count). The molecule has 1 heterocycles. The Labute approximate surface area is 95.4 Å². The van der Waals surface area contributed by atoms with Crippen LogP contribution in [0.4, 0.5) is 5.69 Å². The SMILES string of the molecule is OC1COCC1Nc1ccc2c(c1)CCC2. The number of hydrogen-bond acceptors (Lipinski definition) is 3. The van der Waals surface area contributed by atoms with Crippen molar-refractivity contribution < 1.29 is 9.84 Å². The number of hydrogen-bond donors (Lipinski definition) is 2. The fourth-order valence-corrected chi connectivity index (χ4v) is 2.56. The second-order valence-electron chi connectivity index (χ2n) is 4.69. The lowest BCUT2D eigenvalue weighted by molar-refractivity contribution is 0.125. The molecular weight excluding hydrogens is 202 g/mol. The summed E-state index contributed by atoms with van der Waals surface area (Å²) >= 11 is 0. The minimum absolute atomic E-state index is 0.0412. The number of fused-ring (bicyclic) bond motifs is 1. The third-order valence-electron chi connectivity index (χ3n) is 3.50. The Hall–Kier alpha value is -1.06. The Morgan fingerprint density at radius 2 is 2.06 bits per heavy atom. The first-order chi connectivity index (χ1) is 7.83. The van der Waals surface area contributed by atoms with Gasteiger partial charge < -0.3 is 15.2 Å². The highest BCUT2D eigenvalue weighted by molar-refractivity contribution is 5.51. The normalized spacial score (nSPS) is 28.1. The van der Waals surface area contributed by atoms with Gasteiger partial charge in [-0.1, -0.05) is 6.07 Å². The molecule has 16 heavy (non-hydrogen) atoms. The van der Waals surface area contributed by atoms with Crippen LogP contribution >= 0.6 is 0 Å². The summed E-state index contributed by atoms with van der Waals surface area (Å²) in [6.07, 6.45) is 3.29. The van der Waals surface area contributed by atoms with E-state index < -0.39 is 0 Å². The van der Waals surface area contributed by atoms with Gasteiger partial charge in [0.2, 0.25) is 0 Å². The fraction of sp³-hybridized carbons (Fsp3) is 0.538. The van der Waals surface area contributed by atoms with Gasteiger partial charge in [0, 0.05) is 5.69 Å². The molecule has 2 aliphatic rings. The number of aliphatic hydroxyl groups excluding tert-OH is 1. The van der Waals surface area contributed by atoms with Gasteiger partial charge in [-0.05, 0) is 42.5 Å². The smallest absolute Gasteiger partial charge is 0.0996 e. The van der Waals surface area contributed by atoms with Crippen LogP contribution in [0.2, 0.25) is 0 Å². The zero-order valence-electron chi connectivity index (χ0n) is 9.28. The van der Waals surface area contributed by atoms with E-state index >= 15 is 0 Å². The van der Waals surface area contributed by atoms with E-state index in [1.54, 1.807) is 0 Å². The lowest BCUT2D eigenvalue weighted by atomic mass is 10.1. The maximum Gasteiger partial charge on any atom is 0.0996 e. The minimum Gasteiger partial charge on any atom is -0.388 e. The summed E-state index contributed by atoms with van der Waals surface area (Å²) in [5, 5.41) is 13.0. The predicted octanol–water partition coefficient (Wildman–Crippen LogP) is 1.35. The van der Waals surface area contributed by atoms with E-state index in [1.165, 1.54) is 30.4 Å². The largest absolute Gasteiger partial charge is 0.388 e. The van der Waals surface area contributed by atoms with Crippen molar-refractivity contribution in [3.63, 3.8) is 0 Å². The maximum absolute atomic E-state index is 9.66. The topological polar surface area (TPSA) is 41.5 Å². The van der Waals surface area contributed by atoms with E-state index in [0.29, 0.717) is 13.2 Å². The molecule has 0 bridgehead atoms. The molecule has 2 N–H and O–H groups in total. The second-order valence-corrected chi connectivity index (χ2v) is 4.69. The molecule has 1 aliphatic heterocycles. The van der Waals surface area contributed by atoms with Gasteiger partial charge in [-0.2, -0.15) is 0 Å². The Kier molecular flexibility index (Phi) is 2.58. The number of rotatable bonds is 2. The van der Waals surface area contributed by atoms with Gasteiger partial charge in [0.15, 0.2) is 0 Å². The molecule has 3 nitrogen and oxygen atoms in total. The van der Waals surface area contributed by atoms with Crippen LogP contribution in [0.25, 0.3) is 0 Å². The van der Waals surface area contributed by atoms with E-state index in [1.807, 2.05) is 0 Å². The standard InChI is InChI=1S/C13H17NO2/c15-13-8-16-7-12(13)14-11-5-4-9-2-1-3-10(9)6-11/h4-6,12-15H,1-3,7-8H2. The van der Waals surface area contributed by atoms with Crippen molar-refractivity contribution in [1.82, 2.24) is 0 Å². The molecule has 0 amide bonds. The van der Waals surface area contributed by atoms with Gasteiger partial charge in [0.1, 0.15) is 0 Å². The zero-order valence-corrected chi connectivity index (χ0v) is 9.28. The van der Waals surface area contributed by atoms with E-state index in [9.17, 15) is 5.11 Å². The molecule has 2 unspecified atom stereocenters. The minimum atomic E-state index is -0.381. The number of nitrogens with one attached hydrogen (secondary N) is 1. The van der Waals surface area contributed by atoms with Crippen LogP contribution in [-0.4, -0.2) is 30.5 Å². The summed E-state index contributed by atoms with van der Waals surface area (Å²) in [7, 11) is 0. The quantitative estimate of drug-likeness (QED) is 0.789. The third-order valence-corrected chi connectivity index (χ3v) is 3.50.